The number of hydrogen-bond donors (Lipinski definition) is 4. The number of phosphoric ester groups is 2. The summed E-state index contributed by atoms with van der Waals surface area (Å²) in [5, 5.41) is 20.6. The summed E-state index contributed by atoms with van der Waals surface area (Å²) in [4.78, 5) is 58.5. The maximum Gasteiger partial charge on any atom is 0.472 e. The zero-order valence-corrected chi connectivity index (χ0v) is 61.5. The smallest absolute Gasteiger partial charge is 0.463 e. The van der Waals surface area contributed by atoms with Crippen LogP contribution in [0.3, 0.4) is 0 Å². The van der Waals surface area contributed by atoms with Gasteiger partial charge in [-0.1, -0.05) is 268 Å². The van der Waals surface area contributed by atoms with E-state index in [0.717, 1.165) is 148 Å². The molecule has 0 spiro atoms. The molecule has 0 saturated heterocycles. The summed E-state index contributed by atoms with van der Waals surface area (Å²) >= 11 is 0. The summed E-state index contributed by atoms with van der Waals surface area (Å²) in [6.07, 6.45) is 88.5. The largest absolute Gasteiger partial charge is 0.472 e. The molecule has 0 rings (SSSR count). The number of phosphoric acid groups is 2. The fourth-order valence-electron chi connectivity index (χ4n) is 8.99. The number of aliphatic hydroxyl groups excluding tert-OH is 2. The van der Waals surface area contributed by atoms with Crippen LogP contribution in [0.4, 0.5) is 0 Å². The second kappa shape index (κ2) is 70.8. The lowest BCUT2D eigenvalue weighted by molar-refractivity contribution is -0.161. The zero-order valence-electron chi connectivity index (χ0n) is 59.7. The number of unbranched alkanes of at least 4 members (excludes halogenated alkanes) is 16. The lowest BCUT2D eigenvalue weighted by Crippen LogP contribution is -2.30. The predicted molar refractivity (Wildman–Crippen MR) is 398 cm³/mol. The van der Waals surface area contributed by atoms with Crippen molar-refractivity contribution in [3.63, 3.8) is 0 Å². The van der Waals surface area contributed by atoms with Gasteiger partial charge in [-0.05, 0) is 135 Å². The lowest BCUT2D eigenvalue weighted by atomic mass is 10.0. The van der Waals surface area contributed by atoms with Crippen LogP contribution in [0.1, 0.15) is 252 Å². The van der Waals surface area contributed by atoms with Crippen molar-refractivity contribution in [2.24, 2.45) is 0 Å². The molecular weight excluding hydrogens is 1270 g/mol. The molecule has 0 aliphatic heterocycles. The van der Waals surface area contributed by atoms with Gasteiger partial charge >= 0.3 is 33.6 Å². The number of carbonyl (C=O) groups excluding carboxylic acids is 3. The molecule has 18 heteroatoms. The summed E-state index contributed by atoms with van der Waals surface area (Å²) in [6, 6.07) is 0. The van der Waals surface area contributed by atoms with E-state index in [1.165, 1.54) is 38.5 Å². The Morgan fingerprint density at radius 2 is 0.536 bits per heavy atom. The zero-order chi connectivity index (χ0) is 70.9. The van der Waals surface area contributed by atoms with Crippen molar-refractivity contribution in [2.45, 2.75) is 270 Å². The number of ether oxygens (including phenoxy) is 3. The number of aliphatic hydroxyl groups is 2. The summed E-state index contributed by atoms with van der Waals surface area (Å²) in [6.45, 7) is 2.19. The highest BCUT2D eigenvalue weighted by Crippen LogP contribution is 2.45. The first-order valence-electron chi connectivity index (χ1n) is 36.4. The minimum absolute atomic E-state index is 0.0352. The van der Waals surface area contributed by atoms with Crippen molar-refractivity contribution >= 4 is 33.6 Å². The van der Waals surface area contributed by atoms with Crippen molar-refractivity contribution in [1.29, 1.82) is 0 Å². The Bertz CT molecular complexity index is 2440. The van der Waals surface area contributed by atoms with E-state index in [0.29, 0.717) is 25.7 Å². The molecule has 4 N–H and O–H groups in total. The van der Waals surface area contributed by atoms with Crippen molar-refractivity contribution in [3.05, 3.63) is 170 Å². The second-order valence-electron chi connectivity index (χ2n) is 23.6. The van der Waals surface area contributed by atoms with E-state index in [4.69, 9.17) is 32.3 Å². The monoisotopic (exact) mass is 1390 g/mol. The predicted octanol–water partition coefficient (Wildman–Crippen LogP) is 20.9. The molecule has 0 bridgehead atoms. The van der Waals surface area contributed by atoms with E-state index in [9.17, 15) is 43.5 Å². The normalized spacial score (nSPS) is 15.1. The number of rotatable bonds is 67. The third kappa shape index (κ3) is 72.0. The summed E-state index contributed by atoms with van der Waals surface area (Å²) in [5.41, 5.74) is 0. The average Bonchev–Trinajstić information content (AvgIpc) is 2.48. The quantitative estimate of drug-likeness (QED) is 0.0146. The molecule has 0 aromatic carbocycles. The fraction of sp³-hybridized carbons (Fsp3) is 0.608. The first-order valence-corrected chi connectivity index (χ1v) is 39.4. The van der Waals surface area contributed by atoms with Gasteiger partial charge in [0.05, 0.1) is 26.4 Å². The SMILES string of the molecule is CC/C=C\C/C=C\C/C=C\C/C=C\C/C=C\C/C=C\CCC(=O)OCC(COP(=O)(O)OCC(O)COP(=O)(O)OCC(O)COC(=O)CCCCCCCCCCCCC/C=C\C/C=C\C/C=C\C/C=C\C/C=C\CC)OC(=O)CCCCCCC/C=C\C/C=C\C/C=C\CC. The number of esters is 3. The molecule has 0 aliphatic rings. The first kappa shape index (κ1) is 91.9. The molecule has 550 valence electrons. The average molecular weight is 1400 g/mol. The van der Waals surface area contributed by atoms with E-state index >= 15 is 0 Å². The van der Waals surface area contributed by atoms with Gasteiger partial charge < -0.3 is 34.2 Å². The molecule has 0 heterocycles. The Hall–Kier alpha value is -5.09. The Kier molecular flexibility index (Phi) is 67.0. The number of carbonyl (C=O) groups is 3. The third-order valence-corrected chi connectivity index (χ3v) is 16.3. The Morgan fingerprint density at radius 3 is 0.876 bits per heavy atom. The van der Waals surface area contributed by atoms with Gasteiger partial charge in [-0.3, -0.25) is 32.5 Å². The van der Waals surface area contributed by atoms with Gasteiger partial charge in [0.15, 0.2) is 6.10 Å². The van der Waals surface area contributed by atoms with E-state index in [1.807, 2.05) is 18.2 Å². The van der Waals surface area contributed by atoms with E-state index in [2.05, 4.69) is 173 Å². The van der Waals surface area contributed by atoms with Crippen LogP contribution in [0, 0.1) is 0 Å². The summed E-state index contributed by atoms with van der Waals surface area (Å²) in [7, 11) is -9.82. The standard InChI is InChI=1S/C79H128O16P2/c1-4-7-10-13-16-19-22-25-28-30-32-33-34-35-36-37-38-39-41-43-45-47-50-53-56-59-62-65-77(82)89-68-74(80)69-91-96(85,86)92-70-75(81)71-93-97(87,88)94-73-76(95-79(84)67-64-61-58-55-52-49-44-27-24-21-18-15-12-9-6-3)72-90-78(83)66-63-60-57-54-51-48-46-42-40-31-29-26-23-20-17-14-11-8-5-2/h7-12,16-21,25-29,32-33,35-36,40,42,44,48,51,57,60,74-76,80-81H,4-6,13-15,22-24,30-31,34,37-39,41,43,45-47,49-50,52-56,58-59,61-73H2,1-3H3,(H,85,86)(H,87,88)/b10-7-,11-8-,12-9-,19-16-,20-17-,21-18-,28-25-,29-26-,33-32-,36-35-,42-40-,44-27-,51-48-,60-57-. The van der Waals surface area contributed by atoms with Crippen molar-refractivity contribution in [1.82, 2.24) is 0 Å². The Labute approximate surface area is 586 Å². The van der Waals surface area contributed by atoms with Crippen molar-refractivity contribution in [2.75, 3.05) is 39.6 Å². The van der Waals surface area contributed by atoms with Gasteiger partial charge in [0, 0.05) is 19.3 Å². The highest BCUT2D eigenvalue weighted by atomic mass is 31.2. The van der Waals surface area contributed by atoms with Gasteiger partial charge in [0.2, 0.25) is 0 Å². The van der Waals surface area contributed by atoms with Gasteiger partial charge in [-0.25, -0.2) is 9.13 Å². The number of allylic oxidation sites excluding steroid dienone is 28. The summed E-state index contributed by atoms with van der Waals surface area (Å²) < 4.78 is 60.9. The topological polar surface area (TPSA) is 231 Å². The molecule has 0 aromatic heterocycles. The minimum Gasteiger partial charge on any atom is -0.463 e. The van der Waals surface area contributed by atoms with Gasteiger partial charge in [-0.15, -0.1) is 0 Å². The van der Waals surface area contributed by atoms with Crippen LogP contribution in [0.5, 0.6) is 0 Å². The molecule has 0 saturated carbocycles. The van der Waals surface area contributed by atoms with Gasteiger partial charge in [0.25, 0.3) is 0 Å². The third-order valence-electron chi connectivity index (χ3n) is 14.4. The number of hydrogen-bond acceptors (Lipinski definition) is 14. The van der Waals surface area contributed by atoms with Crippen LogP contribution in [-0.4, -0.2) is 95.9 Å². The molecule has 5 unspecified atom stereocenters. The molecular formula is C79H128O16P2. The Balaban J connectivity index is 4.64. The van der Waals surface area contributed by atoms with Crippen LogP contribution in [0.2, 0.25) is 0 Å². The lowest BCUT2D eigenvalue weighted by Gasteiger charge is -2.21. The van der Waals surface area contributed by atoms with Gasteiger partial charge in [0.1, 0.15) is 25.4 Å². The fourth-order valence-corrected chi connectivity index (χ4v) is 10.6. The molecule has 16 nitrogen and oxygen atoms in total. The molecule has 0 aromatic rings. The molecule has 97 heavy (non-hydrogen) atoms. The highest BCUT2D eigenvalue weighted by Gasteiger charge is 2.29. The van der Waals surface area contributed by atoms with E-state index in [1.54, 1.807) is 0 Å². The van der Waals surface area contributed by atoms with Crippen LogP contribution >= 0.6 is 15.6 Å². The molecule has 0 amide bonds. The Morgan fingerprint density at radius 1 is 0.289 bits per heavy atom. The van der Waals surface area contributed by atoms with Crippen molar-refractivity contribution in [3.8, 4) is 0 Å². The maximum atomic E-state index is 12.9. The maximum absolute atomic E-state index is 12.9. The molecule has 5 atom stereocenters. The highest BCUT2D eigenvalue weighted by molar-refractivity contribution is 7.47. The molecule has 0 radical (unpaired) electrons. The van der Waals surface area contributed by atoms with Crippen LogP contribution in [-0.2, 0) is 55.8 Å². The van der Waals surface area contributed by atoms with Crippen LogP contribution in [0.15, 0.2) is 170 Å². The summed E-state index contributed by atoms with van der Waals surface area (Å²) in [5.74, 6) is -1.71. The first-order chi connectivity index (χ1) is 47.2. The van der Waals surface area contributed by atoms with E-state index < -0.39 is 91.5 Å². The molecule has 0 aliphatic carbocycles. The van der Waals surface area contributed by atoms with E-state index in [-0.39, 0.29) is 19.3 Å². The minimum atomic E-state index is -4.95. The van der Waals surface area contributed by atoms with Crippen LogP contribution < -0.4 is 0 Å². The van der Waals surface area contributed by atoms with Crippen LogP contribution in [0.25, 0.3) is 0 Å². The van der Waals surface area contributed by atoms with Gasteiger partial charge in [-0.2, -0.15) is 0 Å². The van der Waals surface area contributed by atoms with Crippen molar-refractivity contribution < 1.29 is 75.8 Å². The second-order valence-corrected chi connectivity index (χ2v) is 26.5. The molecule has 0 fully saturated rings.